The molecule has 0 radical (unpaired) electrons. The van der Waals surface area contributed by atoms with Crippen molar-refractivity contribution in [1.82, 2.24) is 10.2 Å². The van der Waals surface area contributed by atoms with Gasteiger partial charge in [-0.25, -0.2) is 0 Å². The molecule has 1 amide bonds. The smallest absolute Gasteiger partial charge is 0.258 e. The summed E-state index contributed by atoms with van der Waals surface area (Å²) in [6.45, 7) is 8.77. The molecule has 2 saturated heterocycles. The summed E-state index contributed by atoms with van der Waals surface area (Å²) in [6, 6.07) is 0. The van der Waals surface area contributed by atoms with E-state index >= 15 is 0 Å². The monoisotopic (exact) mass is 298 g/mol. The number of nitrogens with zero attached hydrogens (tertiary/aromatic N) is 1. The van der Waals surface area contributed by atoms with Gasteiger partial charge in [0.05, 0.1) is 19.4 Å². The standard InChI is InChI=1S/C8H13Cl2NO2.C3H7NO/c1-5-4-11(7(12)6(9)10)8(2,3)13-5;1-2-5-3-4-1/h5-6H,4H2,1-3H3;4H,1-3H2. The number of amides is 1. The average molecular weight is 299 g/mol. The molecule has 2 fully saturated rings. The number of hydrogen-bond acceptors (Lipinski definition) is 4. The van der Waals surface area contributed by atoms with E-state index < -0.39 is 10.6 Å². The van der Waals surface area contributed by atoms with Crippen molar-refractivity contribution < 1.29 is 14.3 Å². The average Bonchev–Trinajstić information content (AvgIpc) is 2.88. The summed E-state index contributed by atoms with van der Waals surface area (Å²) in [5.41, 5.74) is -0.599. The number of hydrogen-bond donors (Lipinski definition) is 1. The van der Waals surface area contributed by atoms with Gasteiger partial charge < -0.3 is 14.4 Å². The highest BCUT2D eigenvalue weighted by Gasteiger charge is 2.41. The maximum atomic E-state index is 11.5. The van der Waals surface area contributed by atoms with E-state index in [9.17, 15) is 4.79 Å². The van der Waals surface area contributed by atoms with E-state index in [2.05, 4.69) is 5.32 Å². The number of carbonyl (C=O) groups is 1. The molecule has 1 unspecified atom stereocenters. The molecule has 106 valence electrons. The first-order valence-corrected chi connectivity index (χ1v) is 6.78. The zero-order valence-corrected chi connectivity index (χ0v) is 12.4. The lowest BCUT2D eigenvalue weighted by atomic mass is 10.2. The fourth-order valence-electron chi connectivity index (χ4n) is 1.90. The van der Waals surface area contributed by atoms with Crippen LogP contribution in [0.25, 0.3) is 0 Å². The van der Waals surface area contributed by atoms with Crippen LogP contribution in [-0.2, 0) is 14.3 Å². The van der Waals surface area contributed by atoms with Gasteiger partial charge in [0.1, 0.15) is 5.72 Å². The van der Waals surface area contributed by atoms with Crippen LogP contribution >= 0.6 is 23.2 Å². The lowest BCUT2D eigenvalue weighted by molar-refractivity contribution is -0.143. The third-order valence-electron chi connectivity index (χ3n) is 2.66. The quantitative estimate of drug-likeness (QED) is 0.742. The molecule has 5 nitrogen and oxygen atoms in total. The van der Waals surface area contributed by atoms with Gasteiger partial charge in [-0.05, 0) is 20.8 Å². The van der Waals surface area contributed by atoms with E-state index in [1.54, 1.807) is 4.90 Å². The molecular weight excluding hydrogens is 279 g/mol. The van der Waals surface area contributed by atoms with Crippen molar-refractivity contribution in [3.05, 3.63) is 0 Å². The molecule has 2 aliphatic heterocycles. The molecule has 0 aliphatic carbocycles. The Kier molecular flexibility index (Phi) is 6.14. The van der Waals surface area contributed by atoms with Crippen LogP contribution in [0.3, 0.4) is 0 Å². The summed E-state index contributed by atoms with van der Waals surface area (Å²) in [4.78, 5) is 12.0. The number of nitrogens with one attached hydrogen (secondary N) is 1. The molecule has 0 aromatic heterocycles. The maximum absolute atomic E-state index is 11.5. The molecule has 1 atom stereocenters. The number of rotatable bonds is 1. The van der Waals surface area contributed by atoms with E-state index in [-0.39, 0.29) is 12.0 Å². The highest BCUT2D eigenvalue weighted by molar-refractivity contribution is 6.53. The highest BCUT2D eigenvalue weighted by Crippen LogP contribution is 2.28. The van der Waals surface area contributed by atoms with E-state index in [4.69, 9.17) is 32.7 Å². The summed E-state index contributed by atoms with van der Waals surface area (Å²) in [5, 5.41) is 3.00. The van der Waals surface area contributed by atoms with Crippen LogP contribution in [0.15, 0.2) is 0 Å². The number of ether oxygens (including phenoxy) is 2. The van der Waals surface area contributed by atoms with Gasteiger partial charge in [-0.2, -0.15) is 0 Å². The largest absolute Gasteiger partial charge is 0.365 e. The predicted molar refractivity (Wildman–Crippen MR) is 70.7 cm³/mol. The third-order valence-corrected chi connectivity index (χ3v) is 3.03. The number of alkyl halides is 2. The SMILES string of the molecule is C1COCN1.CC1CN(C(=O)C(Cl)Cl)C(C)(C)O1. The van der Waals surface area contributed by atoms with Crippen molar-refractivity contribution in [2.75, 3.05) is 26.4 Å². The van der Waals surface area contributed by atoms with Crippen molar-refractivity contribution in [3.63, 3.8) is 0 Å². The van der Waals surface area contributed by atoms with E-state index in [1.807, 2.05) is 20.8 Å². The number of carbonyl (C=O) groups excluding carboxylic acids is 1. The van der Waals surface area contributed by atoms with Crippen molar-refractivity contribution in [2.24, 2.45) is 0 Å². The molecule has 1 N–H and O–H groups in total. The summed E-state index contributed by atoms with van der Waals surface area (Å²) >= 11 is 11.0. The van der Waals surface area contributed by atoms with Crippen LogP contribution in [0.2, 0.25) is 0 Å². The first-order valence-electron chi connectivity index (χ1n) is 5.90. The van der Waals surface area contributed by atoms with Gasteiger partial charge >= 0.3 is 0 Å². The van der Waals surface area contributed by atoms with E-state index in [0.717, 1.165) is 19.9 Å². The minimum atomic E-state index is -1.01. The lowest BCUT2D eigenvalue weighted by Gasteiger charge is -2.30. The lowest BCUT2D eigenvalue weighted by Crippen LogP contribution is -2.45. The first kappa shape index (κ1) is 16.0. The van der Waals surface area contributed by atoms with E-state index in [1.165, 1.54) is 0 Å². The molecule has 0 saturated carbocycles. The molecule has 2 heterocycles. The van der Waals surface area contributed by atoms with Gasteiger partial charge in [0.25, 0.3) is 5.91 Å². The molecule has 0 aromatic rings. The van der Waals surface area contributed by atoms with Gasteiger partial charge in [-0.1, -0.05) is 23.2 Å². The Hall–Kier alpha value is -0.0700. The molecule has 2 aliphatic rings. The van der Waals surface area contributed by atoms with Gasteiger partial charge in [0, 0.05) is 13.1 Å². The Morgan fingerprint density at radius 3 is 2.44 bits per heavy atom. The molecule has 0 bridgehead atoms. The Morgan fingerprint density at radius 2 is 2.17 bits per heavy atom. The fourth-order valence-corrected chi connectivity index (χ4v) is 2.14. The minimum Gasteiger partial charge on any atom is -0.365 e. The van der Waals surface area contributed by atoms with E-state index in [0.29, 0.717) is 6.54 Å². The molecule has 18 heavy (non-hydrogen) atoms. The van der Waals surface area contributed by atoms with Crippen LogP contribution < -0.4 is 5.32 Å². The topological polar surface area (TPSA) is 50.8 Å². The van der Waals surface area contributed by atoms with Crippen LogP contribution in [0.4, 0.5) is 0 Å². The highest BCUT2D eigenvalue weighted by atomic mass is 35.5. The molecular formula is C11H20Cl2N2O3. The van der Waals surface area contributed by atoms with Gasteiger partial charge in [-0.15, -0.1) is 0 Å². The summed E-state index contributed by atoms with van der Waals surface area (Å²) in [7, 11) is 0. The van der Waals surface area contributed by atoms with Crippen LogP contribution in [0.5, 0.6) is 0 Å². The first-order chi connectivity index (χ1) is 8.34. The van der Waals surface area contributed by atoms with Crippen LogP contribution in [0, 0.1) is 0 Å². The molecule has 7 heteroatoms. The Morgan fingerprint density at radius 1 is 1.50 bits per heavy atom. The fraction of sp³-hybridized carbons (Fsp3) is 0.909. The van der Waals surface area contributed by atoms with Gasteiger partial charge in [-0.3, -0.25) is 10.1 Å². The summed E-state index contributed by atoms with van der Waals surface area (Å²) in [6.07, 6.45) is 0.0334. The van der Waals surface area contributed by atoms with Crippen molar-refractivity contribution in [2.45, 2.75) is 37.4 Å². The van der Waals surface area contributed by atoms with Crippen molar-refractivity contribution in [3.8, 4) is 0 Å². The summed E-state index contributed by atoms with van der Waals surface area (Å²) < 4.78 is 10.4. The maximum Gasteiger partial charge on any atom is 0.258 e. The van der Waals surface area contributed by atoms with Crippen LogP contribution in [0.1, 0.15) is 20.8 Å². The summed E-state index contributed by atoms with van der Waals surface area (Å²) in [5.74, 6) is -0.294. The third kappa shape index (κ3) is 4.55. The molecule has 2 rings (SSSR count). The minimum absolute atomic E-state index is 0.0334. The predicted octanol–water partition coefficient (Wildman–Crippen LogP) is 1.34. The Bertz CT molecular complexity index is 276. The molecule has 0 spiro atoms. The van der Waals surface area contributed by atoms with Crippen molar-refractivity contribution in [1.29, 1.82) is 0 Å². The zero-order chi connectivity index (χ0) is 13.8. The van der Waals surface area contributed by atoms with Gasteiger partial charge in [0.2, 0.25) is 0 Å². The van der Waals surface area contributed by atoms with Crippen LogP contribution in [-0.4, -0.2) is 53.9 Å². The zero-order valence-electron chi connectivity index (χ0n) is 10.9. The normalized spacial score (nSPS) is 26.1. The Balaban J connectivity index is 0.000000269. The molecule has 0 aromatic carbocycles. The van der Waals surface area contributed by atoms with Gasteiger partial charge in [0.15, 0.2) is 4.84 Å². The second-order valence-electron chi connectivity index (χ2n) is 4.68. The van der Waals surface area contributed by atoms with Crippen molar-refractivity contribution >= 4 is 29.1 Å². The second-order valence-corrected chi connectivity index (χ2v) is 5.77. The number of halogens is 2. The second kappa shape index (κ2) is 6.91. The Labute approximate surface area is 118 Å².